The average Bonchev–Trinajstić information content (AvgIpc) is 3.20. The first kappa shape index (κ1) is 27.9. The van der Waals surface area contributed by atoms with Crippen molar-refractivity contribution < 1.29 is 23.6 Å². The van der Waals surface area contributed by atoms with Crippen LogP contribution in [-0.2, 0) is 21.1 Å². The molecule has 2 N–H and O–H groups in total. The number of nitrogens with one attached hydrogen (secondary N) is 2. The molecule has 0 aromatic carbocycles. The molecule has 0 unspecified atom stereocenters. The van der Waals surface area contributed by atoms with Crippen molar-refractivity contribution in [3.8, 4) is 0 Å². The molecule has 2 aromatic rings. The van der Waals surface area contributed by atoms with Gasteiger partial charge < -0.3 is 29.2 Å². The van der Waals surface area contributed by atoms with Crippen molar-refractivity contribution in [3.63, 3.8) is 0 Å². The van der Waals surface area contributed by atoms with E-state index >= 15 is 0 Å². The van der Waals surface area contributed by atoms with Crippen LogP contribution in [0.2, 0.25) is 0 Å². The van der Waals surface area contributed by atoms with Crippen molar-refractivity contribution in [2.45, 2.75) is 65.3 Å². The first-order chi connectivity index (χ1) is 16.1. The number of pyridine rings is 1. The predicted molar refractivity (Wildman–Crippen MR) is 146 cm³/mol. The van der Waals surface area contributed by atoms with Gasteiger partial charge in [0.2, 0.25) is 0 Å². The second kappa shape index (κ2) is 9.98. The first-order valence-electron chi connectivity index (χ1n) is 11.2. The molecular formula is C22H32BIN4O6S. The van der Waals surface area contributed by atoms with Crippen molar-refractivity contribution in [2.75, 3.05) is 13.1 Å². The van der Waals surface area contributed by atoms with Gasteiger partial charge in [0, 0.05) is 67.5 Å². The Hall–Kier alpha value is -1.71. The Kier molecular flexibility index (Phi) is 7.95. The topological polar surface area (TPSA) is 113 Å². The summed E-state index contributed by atoms with van der Waals surface area (Å²) in [6.07, 6.45) is 1.14. The summed E-state index contributed by atoms with van der Waals surface area (Å²) in [5.74, 6) is -0.377. The minimum absolute atomic E-state index is 0.188. The lowest BCUT2D eigenvalue weighted by Crippen LogP contribution is -2.41. The van der Waals surface area contributed by atoms with Gasteiger partial charge in [-0.3, -0.25) is 13.6 Å². The molecule has 0 radical (unpaired) electrons. The maximum atomic E-state index is 13.1. The zero-order valence-electron chi connectivity index (χ0n) is 21.3. The number of nitrogens with zero attached hydrogens (tertiary/aromatic N) is 2. The molecule has 0 saturated carbocycles. The fourth-order valence-electron chi connectivity index (χ4n) is 3.55. The van der Waals surface area contributed by atoms with E-state index in [1.165, 1.54) is 13.7 Å². The predicted octanol–water partition coefficient (Wildman–Crippen LogP) is 2.74. The molecule has 192 valence electrons. The highest BCUT2D eigenvalue weighted by atomic mass is 127. The number of amides is 2. The molecule has 1 aliphatic heterocycles. The Morgan fingerprint density at radius 2 is 1.71 bits per heavy atom. The minimum atomic E-state index is -0.696. The van der Waals surface area contributed by atoms with E-state index in [0.717, 1.165) is 0 Å². The van der Waals surface area contributed by atoms with Crippen LogP contribution < -0.4 is 21.7 Å². The Balaban J connectivity index is 1.87. The van der Waals surface area contributed by atoms with E-state index < -0.39 is 30.0 Å². The van der Waals surface area contributed by atoms with E-state index in [9.17, 15) is 14.4 Å². The summed E-state index contributed by atoms with van der Waals surface area (Å²) in [6, 6.07) is 1.68. The highest BCUT2D eigenvalue weighted by Crippen LogP contribution is 2.37. The zero-order valence-corrected chi connectivity index (χ0v) is 24.3. The third-order valence-corrected chi connectivity index (χ3v) is 7.71. The number of carbonyl (C=O) groups excluding carboxylic acids is 2. The number of aryl methyl sites for hydroxylation is 1. The number of halogens is 1. The zero-order chi connectivity index (χ0) is 26.3. The van der Waals surface area contributed by atoms with Crippen LogP contribution in [0.15, 0.2) is 17.1 Å². The third kappa shape index (κ3) is 5.83. The van der Waals surface area contributed by atoms with Gasteiger partial charge >= 0.3 is 13.2 Å². The Labute approximate surface area is 221 Å². The van der Waals surface area contributed by atoms with Gasteiger partial charge in [-0.2, -0.15) is 0 Å². The van der Waals surface area contributed by atoms with Crippen molar-refractivity contribution in [3.05, 3.63) is 28.3 Å². The normalized spacial score (nSPS) is 17.0. The Bertz CT molecular complexity index is 1190. The number of hydrogen-bond acceptors (Lipinski definition) is 7. The molecule has 2 aromatic heterocycles. The highest BCUT2D eigenvalue weighted by molar-refractivity contribution is 14.2. The van der Waals surface area contributed by atoms with E-state index in [4.69, 9.17) is 14.0 Å². The number of ether oxygens (including phenoxy) is 1. The van der Waals surface area contributed by atoms with Gasteiger partial charge in [-0.15, -0.1) is 0 Å². The fourth-order valence-corrected chi connectivity index (χ4v) is 5.23. The number of carbonyl (C=O) groups is 2. The van der Waals surface area contributed by atoms with E-state index in [0.29, 0.717) is 22.1 Å². The van der Waals surface area contributed by atoms with Crippen LogP contribution in [0.4, 0.5) is 4.79 Å². The smallest absolute Gasteiger partial charge is 0.444 e. The van der Waals surface area contributed by atoms with Crippen LogP contribution in [0.25, 0.3) is 10.9 Å². The summed E-state index contributed by atoms with van der Waals surface area (Å²) >= 11 is 2.04. The minimum Gasteiger partial charge on any atom is -0.444 e. The summed E-state index contributed by atoms with van der Waals surface area (Å²) in [7, 11) is 2.19. The van der Waals surface area contributed by atoms with E-state index in [-0.39, 0.29) is 24.6 Å². The summed E-state index contributed by atoms with van der Waals surface area (Å²) in [5, 5.41) is 5.98. The highest BCUT2D eigenvalue weighted by Gasteiger charge is 2.52. The second-order valence-corrected chi connectivity index (χ2v) is 12.1. The summed E-state index contributed by atoms with van der Waals surface area (Å²) in [4.78, 5) is 37.9. The molecule has 13 heteroatoms. The van der Waals surface area contributed by atoms with Gasteiger partial charge in [0.25, 0.3) is 11.5 Å². The number of hydrogen-bond donors (Lipinski definition) is 2. The molecular weight excluding hydrogens is 586 g/mol. The van der Waals surface area contributed by atoms with E-state index in [1.807, 2.05) is 48.9 Å². The van der Waals surface area contributed by atoms with Crippen LogP contribution in [0.5, 0.6) is 0 Å². The van der Waals surface area contributed by atoms with Gasteiger partial charge in [-0.25, -0.2) is 4.79 Å². The van der Waals surface area contributed by atoms with E-state index in [2.05, 4.69) is 10.6 Å². The number of rotatable bonds is 6. The molecule has 0 bridgehead atoms. The van der Waals surface area contributed by atoms with Gasteiger partial charge in [0.1, 0.15) is 16.8 Å². The van der Waals surface area contributed by atoms with Crippen LogP contribution in [0.3, 0.4) is 0 Å². The molecule has 1 aliphatic rings. The van der Waals surface area contributed by atoms with Crippen LogP contribution in [-0.4, -0.2) is 57.6 Å². The lowest BCUT2D eigenvalue weighted by Gasteiger charge is -2.32. The van der Waals surface area contributed by atoms with Crippen molar-refractivity contribution in [1.29, 1.82) is 0 Å². The largest absolute Gasteiger partial charge is 0.497 e. The molecule has 10 nitrogen and oxygen atoms in total. The summed E-state index contributed by atoms with van der Waals surface area (Å²) < 4.78 is 20.7. The average molecular weight is 618 g/mol. The van der Waals surface area contributed by atoms with Gasteiger partial charge in [0.05, 0.1) is 11.2 Å². The quantitative estimate of drug-likeness (QED) is 0.291. The Morgan fingerprint density at radius 3 is 2.26 bits per heavy atom. The first-order valence-corrected chi connectivity index (χ1v) is 14.5. The molecule has 35 heavy (non-hydrogen) atoms. The molecule has 1 fully saturated rings. The van der Waals surface area contributed by atoms with Crippen molar-refractivity contribution in [2.24, 2.45) is 7.05 Å². The van der Waals surface area contributed by atoms with Gasteiger partial charge in [0.15, 0.2) is 0 Å². The molecule has 0 atom stereocenters. The molecule has 0 aliphatic carbocycles. The van der Waals surface area contributed by atoms with Crippen LogP contribution >= 0.6 is 30.3 Å². The maximum Gasteiger partial charge on any atom is 0.497 e. The third-order valence-electron chi connectivity index (χ3n) is 6.01. The fraction of sp³-hybridized carbons (Fsp3) is 0.591. The summed E-state index contributed by atoms with van der Waals surface area (Å²) in [6.45, 7) is 13.5. The number of alkyl carbamates (subject to hydrolysis) is 1. The van der Waals surface area contributed by atoms with Crippen LogP contribution in [0, 0.1) is 0 Å². The monoisotopic (exact) mass is 618 g/mol. The molecule has 2 amide bonds. The van der Waals surface area contributed by atoms with E-state index in [1.54, 1.807) is 44.1 Å². The Morgan fingerprint density at radius 1 is 1.14 bits per heavy atom. The lowest BCUT2D eigenvalue weighted by atomic mass is 9.78. The SMILES string of the molecule is Cn1cc(B2OC(C)(C)C(C)(C)O2)c2cc(C(=O)NCCNC(=O)OC(C)(C)C)n(SI)c2c1=O. The van der Waals surface area contributed by atoms with Crippen LogP contribution in [0.1, 0.15) is 59.0 Å². The second-order valence-electron chi connectivity index (χ2n) is 10.4. The van der Waals surface area contributed by atoms with Gasteiger partial charge in [-0.1, -0.05) is 0 Å². The number of aromatic nitrogens is 2. The molecule has 1 saturated heterocycles. The lowest BCUT2D eigenvalue weighted by molar-refractivity contribution is 0.00578. The standard InChI is InChI=1S/C22H32BIN4O6S/c1-20(2,3)32-19(31)26-10-9-25-17(29)15-11-13-14(23-33-21(4,5)22(6,7)34-23)12-27(8)18(30)16(13)28(15)35-24/h11-12H,9-10H2,1-8H3,(H,25,29)(H,26,31). The summed E-state index contributed by atoms with van der Waals surface area (Å²) in [5.41, 5.74) is -0.608. The maximum absolute atomic E-state index is 13.1. The molecule has 3 heterocycles. The van der Waals surface area contributed by atoms with Crippen molar-refractivity contribution >= 4 is 65.8 Å². The molecule has 0 spiro atoms. The van der Waals surface area contributed by atoms with Crippen molar-refractivity contribution in [1.82, 2.24) is 19.2 Å². The number of fused-ring (bicyclic) bond motifs is 1. The van der Waals surface area contributed by atoms with Gasteiger partial charge in [-0.05, 0) is 54.5 Å². The molecule has 3 rings (SSSR count).